The molecule has 0 saturated carbocycles. The summed E-state index contributed by atoms with van der Waals surface area (Å²) < 4.78 is 28.3. The first-order valence-electron chi connectivity index (χ1n) is 29.5. The van der Waals surface area contributed by atoms with E-state index in [4.69, 9.17) is 29.5 Å². The number of fused-ring (bicyclic) bond motifs is 4. The Morgan fingerprint density at radius 2 is 0.759 bits per heavy atom. The van der Waals surface area contributed by atoms with Crippen molar-refractivity contribution in [1.29, 1.82) is 0 Å². The summed E-state index contributed by atoms with van der Waals surface area (Å²) >= 11 is 0. The van der Waals surface area contributed by atoms with E-state index >= 15 is 0 Å². The predicted molar refractivity (Wildman–Crippen MR) is 348 cm³/mol. The van der Waals surface area contributed by atoms with Crippen molar-refractivity contribution in [1.82, 2.24) is 0 Å². The molecule has 9 aromatic rings. The number of carbonyl (C=O) groups excluding carboxylic acids is 3. The van der Waals surface area contributed by atoms with Crippen molar-refractivity contribution < 1.29 is 63.6 Å². The maximum atomic E-state index is 13.0. The molecule has 0 radical (unpaired) electrons. The van der Waals surface area contributed by atoms with Gasteiger partial charge in [0.25, 0.3) is 0 Å². The number of hydrogen-bond acceptors (Lipinski definition) is 12. The van der Waals surface area contributed by atoms with Gasteiger partial charge in [0.2, 0.25) is 0 Å². The normalized spacial score (nSPS) is 11.6. The second-order valence-corrected chi connectivity index (χ2v) is 24.9. The molecule has 6 N–H and O–H groups in total. The summed E-state index contributed by atoms with van der Waals surface area (Å²) in [4.78, 5) is 35.0. The Labute approximate surface area is 511 Å². The molecule has 0 amide bonds. The molecule has 0 spiro atoms. The minimum absolute atomic E-state index is 0.0763. The summed E-state index contributed by atoms with van der Waals surface area (Å²) in [5, 5.41) is 65.5. The Bertz CT molecular complexity index is 3700. The van der Waals surface area contributed by atoms with Crippen LogP contribution in [0.15, 0.2) is 158 Å². The molecule has 0 aliphatic heterocycles. The molecule has 0 bridgehead atoms. The van der Waals surface area contributed by atoms with Crippen LogP contribution >= 0.6 is 0 Å². The largest absolute Gasteiger partial charge is 0.508 e. The molecule has 9 aromatic carbocycles. The van der Waals surface area contributed by atoms with Gasteiger partial charge in [0.15, 0.2) is 23.1 Å². The van der Waals surface area contributed by atoms with Crippen molar-refractivity contribution in [3.8, 4) is 51.7 Å². The summed E-state index contributed by atoms with van der Waals surface area (Å²) in [6.45, 7) is 30.1. The van der Waals surface area contributed by atoms with Crippen LogP contribution in [-0.4, -0.2) is 48.5 Å². The maximum Gasteiger partial charge on any atom is 0.316 e. The number of phenols is 6. The monoisotopic (exact) mass is 1190 g/mol. The molecular weight excluding hydrogens is 1100 g/mol. The molecule has 462 valence electrons. The van der Waals surface area contributed by atoms with Crippen molar-refractivity contribution >= 4 is 61.0 Å². The highest BCUT2D eigenvalue weighted by Crippen LogP contribution is 2.44. The summed E-state index contributed by atoms with van der Waals surface area (Å²) in [7, 11) is 0. The molecular formula is C74H87FO12. The zero-order chi connectivity index (χ0) is 64.8. The lowest BCUT2D eigenvalue weighted by atomic mass is 9.77. The number of benzene rings is 9. The molecule has 0 aliphatic carbocycles. The Morgan fingerprint density at radius 3 is 1.20 bits per heavy atom. The highest BCUT2D eigenvalue weighted by atomic mass is 19.1. The number of hydrogen-bond donors (Lipinski definition) is 6. The maximum absolute atomic E-state index is 13.0. The van der Waals surface area contributed by atoms with Gasteiger partial charge in [0.1, 0.15) is 34.5 Å². The lowest BCUT2D eigenvalue weighted by Gasteiger charge is -2.27. The van der Waals surface area contributed by atoms with Gasteiger partial charge in [-0.05, 0) is 201 Å². The fourth-order valence-electron chi connectivity index (χ4n) is 8.42. The molecule has 0 heterocycles. The number of aromatic hydroxyl groups is 6. The van der Waals surface area contributed by atoms with E-state index in [0.29, 0.717) is 30.1 Å². The van der Waals surface area contributed by atoms with Gasteiger partial charge in [0, 0.05) is 22.9 Å². The number of esters is 3. The van der Waals surface area contributed by atoms with E-state index in [1.807, 2.05) is 83.1 Å². The number of carbonyl (C=O) groups is 3. The summed E-state index contributed by atoms with van der Waals surface area (Å²) in [6.07, 6.45) is 4.21. The second kappa shape index (κ2) is 29.0. The quantitative estimate of drug-likeness (QED) is 0.0277. The van der Waals surface area contributed by atoms with Gasteiger partial charge < -0.3 is 44.8 Å². The second-order valence-electron chi connectivity index (χ2n) is 24.9. The summed E-state index contributed by atoms with van der Waals surface area (Å²) in [5.74, 6) is -1.20. The van der Waals surface area contributed by atoms with Crippen molar-refractivity contribution in [2.24, 2.45) is 16.2 Å². The van der Waals surface area contributed by atoms with Crippen molar-refractivity contribution in [3.05, 3.63) is 175 Å². The van der Waals surface area contributed by atoms with E-state index in [9.17, 15) is 34.1 Å². The summed E-state index contributed by atoms with van der Waals surface area (Å²) in [5.41, 5.74) is 1.36. The smallest absolute Gasteiger partial charge is 0.316 e. The van der Waals surface area contributed by atoms with Gasteiger partial charge in [0.05, 0.1) is 16.2 Å². The van der Waals surface area contributed by atoms with Crippen molar-refractivity contribution in [3.63, 3.8) is 0 Å². The molecule has 12 nitrogen and oxygen atoms in total. The van der Waals surface area contributed by atoms with Crippen LogP contribution in [0.1, 0.15) is 147 Å². The van der Waals surface area contributed by atoms with E-state index < -0.39 is 33.8 Å². The zero-order valence-corrected chi connectivity index (χ0v) is 53.1. The average Bonchev–Trinajstić information content (AvgIpc) is 0.889. The molecule has 87 heavy (non-hydrogen) atoms. The molecule has 0 fully saturated rings. The third-order valence-electron chi connectivity index (χ3n) is 16.6. The van der Waals surface area contributed by atoms with Gasteiger partial charge in [-0.1, -0.05) is 135 Å². The summed E-state index contributed by atoms with van der Waals surface area (Å²) in [6, 6.07) is 46.4. The molecule has 0 aromatic heterocycles. The van der Waals surface area contributed by atoms with Crippen LogP contribution in [0.3, 0.4) is 0 Å². The average molecular weight is 1190 g/mol. The first-order valence-corrected chi connectivity index (χ1v) is 29.5. The molecule has 9 rings (SSSR count). The predicted octanol–water partition coefficient (Wildman–Crippen LogP) is 18.8. The van der Waals surface area contributed by atoms with Crippen molar-refractivity contribution in [2.75, 3.05) is 0 Å². The molecule has 0 saturated heterocycles. The third-order valence-corrected chi connectivity index (χ3v) is 16.6. The van der Waals surface area contributed by atoms with Crippen LogP contribution in [0.25, 0.3) is 43.1 Å². The third kappa shape index (κ3) is 17.9. The molecule has 0 unspecified atom stereocenters. The molecule has 13 heteroatoms. The van der Waals surface area contributed by atoms with Crippen LogP contribution in [0.4, 0.5) is 4.39 Å². The number of rotatable bonds is 13. The SMILES string of the molecule is CCC(C)(C)C(=O)Oc1ccc(O)c(F)c1.CCC(C)(C)C(=O)Oc1ccc(O)c(O)c1.CCC(C)(C)C(=O)Oc1ccc(O)cc1.CCC(C)(C)c1c2ccccc2c(O)c2ccccc12.CCC(C)(C)c1ccc2cc3cc(O)ccc3cc2c1. The van der Waals surface area contributed by atoms with E-state index in [2.05, 4.69) is 84.0 Å². The van der Waals surface area contributed by atoms with E-state index in [0.717, 1.165) is 58.3 Å². The Morgan fingerprint density at radius 1 is 0.368 bits per heavy atom. The van der Waals surface area contributed by atoms with Gasteiger partial charge in [-0.15, -0.1) is 0 Å². The van der Waals surface area contributed by atoms with Crippen LogP contribution in [0, 0.1) is 22.1 Å². The fraction of sp³-hybridized carbons (Fsp3) is 0.338. The standard InChI is InChI=1S/2C19H20O.C12H15FO3.C12H16O4.C12H16O3/c1-4-19(2,3)17-7-5-13-10-16-12-18(20)8-6-14(16)9-15(13)11-17;1-4-19(2,3)17-13-9-5-7-11-15(13)18(20)16-12-8-6-10-14(16)17;1-4-12(2,3)11(15)16-8-5-6-10(14)9(13)7-8;1-4-12(2,3)11(15)16-8-5-6-9(13)10(14)7-8;1-4-12(2,3)11(14)15-10-7-5-9(13)6-8-10/h2*5-12,20H,4H2,1-3H3;5-7,14H,4H2,1-3H3;5-7,13-14H,4H2,1-3H3;5-8,13H,4H2,1-3H3. The zero-order valence-electron chi connectivity index (χ0n) is 53.1. The fourth-order valence-corrected chi connectivity index (χ4v) is 8.42. The van der Waals surface area contributed by atoms with Crippen molar-refractivity contribution in [2.45, 2.75) is 147 Å². The van der Waals surface area contributed by atoms with E-state index in [1.54, 1.807) is 45.9 Å². The van der Waals surface area contributed by atoms with Gasteiger partial charge in [-0.25, -0.2) is 4.39 Å². The molecule has 0 atom stereocenters. The first kappa shape index (κ1) is 68.9. The van der Waals surface area contributed by atoms with Crippen LogP contribution < -0.4 is 14.2 Å². The lowest BCUT2D eigenvalue weighted by Crippen LogP contribution is -2.28. The van der Waals surface area contributed by atoms with Gasteiger partial charge in [-0.3, -0.25) is 14.4 Å². The van der Waals surface area contributed by atoms with Gasteiger partial charge in [-0.2, -0.15) is 0 Å². The Hall–Kier alpha value is -8.84. The highest BCUT2D eigenvalue weighted by molar-refractivity contribution is 6.09. The van der Waals surface area contributed by atoms with Gasteiger partial charge >= 0.3 is 17.9 Å². The van der Waals surface area contributed by atoms with Crippen LogP contribution in [0.5, 0.6) is 51.7 Å². The first-order chi connectivity index (χ1) is 40.7. The van der Waals surface area contributed by atoms with E-state index in [-0.39, 0.29) is 51.5 Å². The Balaban J connectivity index is 0.000000200. The number of ether oxygens (including phenoxy) is 3. The van der Waals surface area contributed by atoms with E-state index in [1.165, 1.54) is 63.7 Å². The van der Waals surface area contributed by atoms with Crippen LogP contribution in [0.2, 0.25) is 0 Å². The topological polar surface area (TPSA) is 200 Å². The number of halogens is 1. The molecule has 0 aliphatic rings. The van der Waals surface area contributed by atoms with Crippen LogP contribution in [-0.2, 0) is 25.2 Å². The number of phenolic OH excluding ortho intramolecular Hbond substituents is 6. The minimum Gasteiger partial charge on any atom is -0.508 e. The highest BCUT2D eigenvalue weighted by Gasteiger charge is 2.30. The minimum atomic E-state index is -0.806. The lowest BCUT2D eigenvalue weighted by molar-refractivity contribution is -0.144. The Kier molecular flexibility index (Phi) is 23.0.